The first-order chi connectivity index (χ1) is 11.3. The van der Waals surface area contributed by atoms with Crippen LogP contribution in [0.1, 0.15) is 12.5 Å². The van der Waals surface area contributed by atoms with Crippen molar-refractivity contribution in [2.24, 2.45) is 0 Å². The Labute approximate surface area is 138 Å². The molecule has 122 valence electrons. The van der Waals surface area contributed by atoms with Crippen molar-refractivity contribution in [2.75, 3.05) is 43.1 Å². The maximum absolute atomic E-state index is 5.61. The number of nitrogens with one attached hydrogen (secondary N) is 1. The molecule has 1 fully saturated rings. The fourth-order valence-corrected chi connectivity index (χ4v) is 2.87. The van der Waals surface area contributed by atoms with Crippen molar-refractivity contribution in [1.29, 1.82) is 0 Å². The van der Waals surface area contributed by atoms with E-state index in [9.17, 15) is 0 Å². The highest BCUT2D eigenvalue weighted by Crippen LogP contribution is 2.21. The van der Waals surface area contributed by atoms with Crippen LogP contribution in [0.4, 0.5) is 11.4 Å². The van der Waals surface area contributed by atoms with E-state index >= 15 is 0 Å². The molecule has 0 saturated carbocycles. The summed E-state index contributed by atoms with van der Waals surface area (Å²) in [4.78, 5) is 10.5. The Morgan fingerprint density at radius 1 is 0.957 bits per heavy atom. The second-order valence-electron chi connectivity index (χ2n) is 5.85. The number of likely N-dealkylation sites (N-methyl/N-ethyl adjacent to an activating group) is 1. The number of nitrogens with zero attached hydrogens (tertiary/aromatic N) is 2. The molecule has 0 aromatic heterocycles. The van der Waals surface area contributed by atoms with Gasteiger partial charge < -0.3 is 9.80 Å². The molecule has 2 aromatic carbocycles. The smallest absolute Gasteiger partial charge is 0.0996 e. The minimum atomic E-state index is 0.556. The maximum Gasteiger partial charge on any atom is 0.0996 e. The fourth-order valence-electron chi connectivity index (χ4n) is 2.87. The molecule has 2 aromatic rings. The zero-order chi connectivity index (χ0) is 15.9. The van der Waals surface area contributed by atoms with Crippen LogP contribution < -0.4 is 10.4 Å². The molecule has 3 rings (SSSR count). The van der Waals surface area contributed by atoms with E-state index in [1.165, 1.54) is 5.69 Å². The Kier molecular flexibility index (Phi) is 5.51. The standard InChI is InChI=1S/C19H25N3O/c1-2-21-11-13-22(14-12-21)19-10-6-9-18(15-19)20-23-16-17-7-4-3-5-8-17/h3-10,15,20H,2,11-14,16H2,1H3. The Hall–Kier alpha value is -2.04. The third-order valence-electron chi connectivity index (χ3n) is 4.30. The summed E-state index contributed by atoms with van der Waals surface area (Å²) in [5.74, 6) is 0. The number of hydrogen-bond donors (Lipinski definition) is 1. The Balaban J connectivity index is 1.53. The Morgan fingerprint density at radius 2 is 1.74 bits per heavy atom. The van der Waals surface area contributed by atoms with Gasteiger partial charge in [-0.05, 0) is 30.3 Å². The van der Waals surface area contributed by atoms with Crippen LogP contribution in [0.5, 0.6) is 0 Å². The van der Waals surface area contributed by atoms with Gasteiger partial charge in [0.05, 0.1) is 12.3 Å². The monoisotopic (exact) mass is 311 g/mol. The van der Waals surface area contributed by atoms with E-state index in [-0.39, 0.29) is 0 Å². The second kappa shape index (κ2) is 7.99. The lowest BCUT2D eigenvalue weighted by atomic mass is 10.2. The summed E-state index contributed by atoms with van der Waals surface area (Å²) < 4.78 is 0. The molecule has 4 heteroatoms. The molecule has 0 bridgehead atoms. The molecule has 0 unspecified atom stereocenters. The van der Waals surface area contributed by atoms with Crippen molar-refractivity contribution in [1.82, 2.24) is 4.90 Å². The minimum Gasteiger partial charge on any atom is -0.369 e. The highest BCUT2D eigenvalue weighted by molar-refractivity contribution is 5.57. The molecule has 1 aliphatic rings. The molecule has 23 heavy (non-hydrogen) atoms. The largest absolute Gasteiger partial charge is 0.369 e. The second-order valence-corrected chi connectivity index (χ2v) is 5.85. The number of hydrogen-bond acceptors (Lipinski definition) is 4. The lowest BCUT2D eigenvalue weighted by Gasteiger charge is -2.35. The fraction of sp³-hybridized carbons (Fsp3) is 0.368. The van der Waals surface area contributed by atoms with Crippen LogP contribution in [0, 0.1) is 0 Å². The van der Waals surface area contributed by atoms with E-state index in [0.29, 0.717) is 6.61 Å². The van der Waals surface area contributed by atoms with Gasteiger partial charge in [-0.25, -0.2) is 0 Å². The number of benzene rings is 2. The SMILES string of the molecule is CCN1CCN(c2cccc(NOCc3ccccc3)c2)CC1. The van der Waals surface area contributed by atoms with Crippen molar-refractivity contribution >= 4 is 11.4 Å². The van der Waals surface area contributed by atoms with Crippen LogP contribution in [-0.4, -0.2) is 37.6 Å². The van der Waals surface area contributed by atoms with E-state index in [1.807, 2.05) is 24.3 Å². The van der Waals surface area contributed by atoms with Crippen LogP contribution >= 0.6 is 0 Å². The first-order valence-corrected chi connectivity index (χ1v) is 8.34. The van der Waals surface area contributed by atoms with Crippen molar-refractivity contribution in [3.05, 3.63) is 60.2 Å². The van der Waals surface area contributed by atoms with E-state index in [0.717, 1.165) is 44.0 Å². The topological polar surface area (TPSA) is 27.7 Å². The molecular formula is C19H25N3O. The summed E-state index contributed by atoms with van der Waals surface area (Å²) in [6.07, 6.45) is 0. The Bertz CT molecular complexity index is 595. The first-order valence-electron chi connectivity index (χ1n) is 8.34. The normalized spacial score (nSPS) is 15.6. The van der Waals surface area contributed by atoms with E-state index < -0.39 is 0 Å². The van der Waals surface area contributed by atoms with Crippen LogP contribution in [-0.2, 0) is 11.4 Å². The van der Waals surface area contributed by atoms with Crippen molar-refractivity contribution in [3.8, 4) is 0 Å². The quantitative estimate of drug-likeness (QED) is 0.828. The molecule has 4 nitrogen and oxygen atoms in total. The number of anilines is 2. The van der Waals surface area contributed by atoms with Crippen LogP contribution in [0.2, 0.25) is 0 Å². The zero-order valence-corrected chi connectivity index (χ0v) is 13.7. The van der Waals surface area contributed by atoms with Gasteiger partial charge in [-0.1, -0.05) is 43.3 Å². The molecule has 1 heterocycles. The molecule has 0 atom stereocenters. The predicted molar refractivity (Wildman–Crippen MR) is 95.6 cm³/mol. The summed E-state index contributed by atoms with van der Waals surface area (Å²) in [6.45, 7) is 8.37. The van der Waals surface area contributed by atoms with E-state index in [1.54, 1.807) is 0 Å². The zero-order valence-electron chi connectivity index (χ0n) is 13.7. The highest BCUT2D eigenvalue weighted by Gasteiger charge is 2.15. The first kappa shape index (κ1) is 15.8. The van der Waals surface area contributed by atoms with Crippen molar-refractivity contribution in [2.45, 2.75) is 13.5 Å². The van der Waals surface area contributed by atoms with Crippen molar-refractivity contribution in [3.63, 3.8) is 0 Å². The average Bonchev–Trinajstić information content (AvgIpc) is 2.63. The summed E-state index contributed by atoms with van der Waals surface area (Å²) in [5, 5.41) is 0. The summed E-state index contributed by atoms with van der Waals surface area (Å²) in [6, 6.07) is 18.6. The third kappa shape index (κ3) is 4.47. The lowest BCUT2D eigenvalue weighted by Crippen LogP contribution is -2.46. The molecule has 1 aliphatic heterocycles. The summed E-state index contributed by atoms with van der Waals surface area (Å²) in [5.41, 5.74) is 6.47. The number of rotatable bonds is 6. The van der Waals surface area contributed by atoms with Gasteiger partial charge in [0.15, 0.2) is 0 Å². The predicted octanol–water partition coefficient (Wildman–Crippen LogP) is 3.37. The van der Waals surface area contributed by atoms with Crippen LogP contribution in [0.15, 0.2) is 54.6 Å². The van der Waals surface area contributed by atoms with Crippen LogP contribution in [0.3, 0.4) is 0 Å². The highest BCUT2D eigenvalue weighted by atomic mass is 16.6. The third-order valence-corrected chi connectivity index (χ3v) is 4.30. The summed E-state index contributed by atoms with van der Waals surface area (Å²) >= 11 is 0. The van der Waals surface area contributed by atoms with Crippen LogP contribution in [0.25, 0.3) is 0 Å². The van der Waals surface area contributed by atoms with Gasteiger partial charge in [-0.15, -0.1) is 0 Å². The average molecular weight is 311 g/mol. The molecule has 0 amide bonds. The van der Waals surface area contributed by atoms with Gasteiger partial charge >= 0.3 is 0 Å². The Morgan fingerprint density at radius 3 is 2.48 bits per heavy atom. The summed E-state index contributed by atoms with van der Waals surface area (Å²) in [7, 11) is 0. The van der Waals surface area contributed by atoms with Gasteiger partial charge in [0.2, 0.25) is 0 Å². The molecule has 1 saturated heterocycles. The van der Waals surface area contributed by atoms with E-state index in [4.69, 9.17) is 4.84 Å². The van der Waals surface area contributed by atoms with E-state index in [2.05, 4.69) is 52.5 Å². The lowest BCUT2D eigenvalue weighted by molar-refractivity contribution is 0.180. The molecule has 0 radical (unpaired) electrons. The van der Waals surface area contributed by atoms with Gasteiger partial charge in [0.1, 0.15) is 0 Å². The van der Waals surface area contributed by atoms with Gasteiger partial charge in [-0.3, -0.25) is 10.3 Å². The maximum atomic E-state index is 5.61. The molecule has 0 aliphatic carbocycles. The molecular weight excluding hydrogens is 286 g/mol. The van der Waals surface area contributed by atoms with Gasteiger partial charge in [-0.2, -0.15) is 0 Å². The van der Waals surface area contributed by atoms with Gasteiger partial charge in [0.25, 0.3) is 0 Å². The molecule has 0 spiro atoms. The minimum absolute atomic E-state index is 0.556. The molecule has 1 N–H and O–H groups in total. The number of piperazine rings is 1. The van der Waals surface area contributed by atoms with Gasteiger partial charge in [0, 0.05) is 31.9 Å². The van der Waals surface area contributed by atoms with Crippen molar-refractivity contribution < 1.29 is 4.84 Å².